The Labute approximate surface area is 176 Å². The van der Waals surface area contributed by atoms with Crippen molar-refractivity contribution in [2.24, 2.45) is 0 Å². The van der Waals surface area contributed by atoms with Gasteiger partial charge >= 0.3 is 0 Å². The molecule has 0 spiro atoms. The van der Waals surface area contributed by atoms with Gasteiger partial charge in [0, 0.05) is 18.8 Å². The quantitative estimate of drug-likeness (QED) is 0.754. The van der Waals surface area contributed by atoms with Gasteiger partial charge in [-0.15, -0.1) is 0 Å². The van der Waals surface area contributed by atoms with Gasteiger partial charge in [-0.3, -0.25) is 9.59 Å². The van der Waals surface area contributed by atoms with Crippen molar-refractivity contribution in [1.82, 2.24) is 5.32 Å². The van der Waals surface area contributed by atoms with Crippen molar-refractivity contribution >= 4 is 34.8 Å². The van der Waals surface area contributed by atoms with Crippen molar-refractivity contribution in [2.45, 2.75) is 26.7 Å². The van der Waals surface area contributed by atoms with E-state index in [0.717, 1.165) is 11.3 Å². The van der Waals surface area contributed by atoms with Gasteiger partial charge in [0.1, 0.15) is 5.75 Å². The summed E-state index contributed by atoms with van der Waals surface area (Å²) in [7, 11) is 0. The standard InChI is InChI=1S/C22H26ClN3O3/c1-14(2)16-5-4-15(3)20(10-16)29-13-22(28)25-17-6-7-19(18(23)11-17)26-9-8-24-21(27)12-26/h4-7,10-11,14H,8-9,12-13H2,1-3H3,(H,24,27)(H,25,28). The number of rotatable bonds is 6. The number of nitrogens with one attached hydrogen (secondary N) is 2. The summed E-state index contributed by atoms with van der Waals surface area (Å²) in [6, 6.07) is 11.3. The molecule has 1 saturated heterocycles. The second-order valence-electron chi connectivity index (χ2n) is 7.45. The Morgan fingerprint density at radius 2 is 2.07 bits per heavy atom. The van der Waals surface area contributed by atoms with Crippen molar-refractivity contribution in [3.05, 3.63) is 52.5 Å². The molecule has 154 valence electrons. The van der Waals surface area contributed by atoms with Gasteiger partial charge in [-0.1, -0.05) is 37.6 Å². The van der Waals surface area contributed by atoms with Crippen LogP contribution in [0.4, 0.5) is 11.4 Å². The first-order valence-corrected chi connectivity index (χ1v) is 10.1. The van der Waals surface area contributed by atoms with Gasteiger partial charge in [-0.2, -0.15) is 0 Å². The van der Waals surface area contributed by atoms with Crippen molar-refractivity contribution in [3.63, 3.8) is 0 Å². The van der Waals surface area contributed by atoms with E-state index in [0.29, 0.717) is 35.5 Å². The third-order valence-electron chi connectivity index (χ3n) is 4.85. The molecule has 0 atom stereocenters. The van der Waals surface area contributed by atoms with Crippen molar-refractivity contribution in [2.75, 3.05) is 36.5 Å². The van der Waals surface area contributed by atoms with Gasteiger partial charge in [-0.25, -0.2) is 0 Å². The van der Waals surface area contributed by atoms with Gasteiger partial charge in [0.05, 0.1) is 17.3 Å². The number of aryl methyl sites for hydroxylation is 1. The Morgan fingerprint density at radius 1 is 1.28 bits per heavy atom. The predicted molar refractivity (Wildman–Crippen MR) is 116 cm³/mol. The van der Waals surface area contributed by atoms with E-state index in [1.807, 2.05) is 30.0 Å². The average molecular weight is 416 g/mol. The van der Waals surface area contributed by atoms with Gasteiger partial charge in [0.2, 0.25) is 5.91 Å². The first-order chi connectivity index (χ1) is 13.8. The molecule has 2 amide bonds. The molecule has 0 radical (unpaired) electrons. The van der Waals surface area contributed by atoms with Crippen LogP contribution in [0.1, 0.15) is 30.9 Å². The van der Waals surface area contributed by atoms with Crippen LogP contribution in [0, 0.1) is 6.92 Å². The molecule has 0 unspecified atom stereocenters. The van der Waals surface area contributed by atoms with Crippen molar-refractivity contribution in [3.8, 4) is 5.75 Å². The van der Waals surface area contributed by atoms with Crippen LogP contribution in [0.5, 0.6) is 5.75 Å². The minimum absolute atomic E-state index is 0.0290. The van der Waals surface area contributed by atoms with Crippen LogP contribution < -0.4 is 20.3 Å². The molecule has 0 aromatic heterocycles. The molecule has 3 rings (SSSR count). The maximum atomic E-state index is 12.3. The highest BCUT2D eigenvalue weighted by atomic mass is 35.5. The topological polar surface area (TPSA) is 70.7 Å². The second kappa shape index (κ2) is 9.18. The van der Waals surface area contributed by atoms with Crippen LogP contribution in [0.15, 0.2) is 36.4 Å². The third kappa shape index (κ3) is 5.41. The normalized spacial score (nSPS) is 14.0. The third-order valence-corrected chi connectivity index (χ3v) is 5.15. The zero-order chi connectivity index (χ0) is 21.0. The predicted octanol–water partition coefficient (Wildman–Crippen LogP) is 3.73. The van der Waals surface area contributed by atoms with Gasteiger partial charge in [-0.05, 0) is 48.2 Å². The molecule has 1 aliphatic heterocycles. The summed E-state index contributed by atoms with van der Waals surface area (Å²) in [4.78, 5) is 25.8. The molecular formula is C22H26ClN3O3. The Kier molecular flexibility index (Phi) is 6.64. The van der Waals surface area contributed by atoms with E-state index in [9.17, 15) is 9.59 Å². The van der Waals surface area contributed by atoms with Crippen LogP contribution in [0.3, 0.4) is 0 Å². The van der Waals surface area contributed by atoms with E-state index >= 15 is 0 Å². The monoisotopic (exact) mass is 415 g/mol. The van der Waals surface area contributed by atoms with Crippen LogP contribution in [-0.4, -0.2) is 38.1 Å². The number of benzene rings is 2. The number of nitrogens with zero attached hydrogens (tertiary/aromatic N) is 1. The molecule has 7 heteroatoms. The van der Waals surface area contributed by atoms with Crippen LogP contribution in [0.25, 0.3) is 0 Å². The number of carbonyl (C=O) groups is 2. The Morgan fingerprint density at radius 3 is 2.76 bits per heavy atom. The van der Waals surface area contributed by atoms with E-state index in [4.69, 9.17) is 16.3 Å². The van der Waals surface area contributed by atoms with Crippen molar-refractivity contribution < 1.29 is 14.3 Å². The maximum Gasteiger partial charge on any atom is 0.262 e. The fourth-order valence-electron chi connectivity index (χ4n) is 3.16. The highest BCUT2D eigenvalue weighted by Gasteiger charge is 2.19. The summed E-state index contributed by atoms with van der Waals surface area (Å²) < 4.78 is 5.72. The lowest BCUT2D eigenvalue weighted by molar-refractivity contribution is -0.120. The van der Waals surface area contributed by atoms with Gasteiger partial charge in [0.15, 0.2) is 6.61 Å². The molecule has 1 fully saturated rings. The van der Waals surface area contributed by atoms with Gasteiger partial charge < -0.3 is 20.3 Å². The number of anilines is 2. The summed E-state index contributed by atoms with van der Waals surface area (Å²) in [5.41, 5.74) is 3.51. The second-order valence-corrected chi connectivity index (χ2v) is 7.86. The van der Waals surface area contributed by atoms with Crippen LogP contribution in [-0.2, 0) is 9.59 Å². The molecule has 1 aliphatic rings. The molecule has 0 bridgehead atoms. The molecule has 2 aromatic rings. The number of carbonyl (C=O) groups excluding carboxylic acids is 2. The zero-order valence-corrected chi connectivity index (χ0v) is 17.7. The maximum absolute atomic E-state index is 12.3. The van der Waals surface area contributed by atoms with Gasteiger partial charge in [0.25, 0.3) is 5.91 Å². The Hall–Kier alpha value is -2.73. The lowest BCUT2D eigenvalue weighted by Gasteiger charge is -2.29. The largest absolute Gasteiger partial charge is 0.483 e. The Balaban J connectivity index is 1.60. The highest BCUT2D eigenvalue weighted by molar-refractivity contribution is 6.33. The molecule has 0 aliphatic carbocycles. The lowest BCUT2D eigenvalue weighted by atomic mass is 10.0. The smallest absolute Gasteiger partial charge is 0.262 e. The molecule has 2 aromatic carbocycles. The average Bonchev–Trinajstić information content (AvgIpc) is 2.67. The number of amides is 2. The first kappa shape index (κ1) is 21.0. The Bertz CT molecular complexity index is 914. The number of piperazine rings is 1. The van der Waals surface area contributed by atoms with E-state index in [1.165, 1.54) is 5.56 Å². The van der Waals surface area contributed by atoms with E-state index in [-0.39, 0.29) is 25.0 Å². The highest BCUT2D eigenvalue weighted by Crippen LogP contribution is 2.29. The van der Waals surface area contributed by atoms with E-state index < -0.39 is 0 Å². The molecule has 0 saturated carbocycles. The van der Waals surface area contributed by atoms with E-state index in [1.54, 1.807) is 12.1 Å². The van der Waals surface area contributed by atoms with Crippen LogP contribution in [0.2, 0.25) is 5.02 Å². The molecular weight excluding hydrogens is 390 g/mol. The minimum Gasteiger partial charge on any atom is -0.483 e. The number of hydrogen-bond acceptors (Lipinski definition) is 4. The molecule has 1 heterocycles. The molecule has 29 heavy (non-hydrogen) atoms. The SMILES string of the molecule is Cc1ccc(C(C)C)cc1OCC(=O)Nc1ccc(N2CCNC(=O)C2)c(Cl)c1. The first-order valence-electron chi connectivity index (χ1n) is 9.68. The lowest BCUT2D eigenvalue weighted by Crippen LogP contribution is -2.47. The summed E-state index contributed by atoms with van der Waals surface area (Å²) in [5.74, 6) is 0.806. The number of halogens is 1. The zero-order valence-electron chi connectivity index (χ0n) is 16.9. The molecule has 2 N–H and O–H groups in total. The summed E-state index contributed by atoms with van der Waals surface area (Å²) in [5, 5.41) is 6.07. The summed E-state index contributed by atoms with van der Waals surface area (Å²) >= 11 is 6.38. The summed E-state index contributed by atoms with van der Waals surface area (Å²) in [6.45, 7) is 7.65. The number of ether oxygens (including phenoxy) is 1. The fourth-order valence-corrected chi connectivity index (χ4v) is 3.46. The fraction of sp³-hybridized carbons (Fsp3) is 0.364. The number of hydrogen-bond donors (Lipinski definition) is 2. The minimum atomic E-state index is -0.263. The summed E-state index contributed by atoms with van der Waals surface area (Å²) in [6.07, 6.45) is 0. The van der Waals surface area contributed by atoms with Crippen LogP contribution >= 0.6 is 11.6 Å². The van der Waals surface area contributed by atoms with E-state index in [2.05, 4.69) is 30.5 Å². The van der Waals surface area contributed by atoms with Crippen molar-refractivity contribution in [1.29, 1.82) is 0 Å². The molecule has 6 nitrogen and oxygen atoms in total.